The minimum absolute atomic E-state index is 0.681. The fourth-order valence-corrected chi connectivity index (χ4v) is 4.02. The third-order valence-electron chi connectivity index (χ3n) is 4.63. The highest BCUT2D eigenvalue weighted by Crippen LogP contribution is 2.43. The number of para-hydroxylation sites is 1. The summed E-state index contributed by atoms with van der Waals surface area (Å²) in [6.07, 6.45) is 4.12. The van der Waals surface area contributed by atoms with E-state index in [4.69, 9.17) is 11.6 Å². The van der Waals surface area contributed by atoms with Crippen LogP contribution in [-0.4, -0.2) is 19.1 Å². The maximum absolute atomic E-state index is 6.52. The molecule has 1 aliphatic carbocycles. The molecule has 0 aromatic heterocycles. The molecule has 1 N–H and O–H groups in total. The van der Waals surface area contributed by atoms with E-state index in [0.29, 0.717) is 5.92 Å². The molecular formula is C17H25ClN2. The molecule has 0 spiro atoms. The van der Waals surface area contributed by atoms with Gasteiger partial charge in [0, 0.05) is 19.1 Å². The molecule has 1 aliphatic heterocycles. The Hall–Kier alpha value is -0.730. The molecule has 0 amide bonds. The zero-order valence-corrected chi connectivity index (χ0v) is 13.3. The Morgan fingerprint density at radius 1 is 1.35 bits per heavy atom. The molecule has 2 fully saturated rings. The first-order valence-electron chi connectivity index (χ1n) is 7.90. The Kier molecular flexibility index (Phi) is 4.23. The largest absolute Gasteiger partial charge is 0.367 e. The molecule has 2 atom stereocenters. The number of piperidine rings is 1. The summed E-state index contributed by atoms with van der Waals surface area (Å²) < 4.78 is 0. The second-order valence-electron chi connectivity index (χ2n) is 6.76. The summed E-state index contributed by atoms with van der Waals surface area (Å²) in [5.74, 6) is 1.58. The third kappa shape index (κ3) is 2.82. The normalized spacial score (nSPS) is 24.9. The van der Waals surface area contributed by atoms with Crippen LogP contribution in [0.15, 0.2) is 18.2 Å². The van der Waals surface area contributed by atoms with Gasteiger partial charge in [0.05, 0.1) is 10.7 Å². The van der Waals surface area contributed by atoms with Crippen LogP contribution >= 0.6 is 11.6 Å². The molecule has 20 heavy (non-hydrogen) atoms. The summed E-state index contributed by atoms with van der Waals surface area (Å²) in [5.41, 5.74) is 2.64. The number of nitrogens with one attached hydrogen (secondary N) is 1. The van der Waals surface area contributed by atoms with Crippen LogP contribution in [0.4, 0.5) is 5.69 Å². The van der Waals surface area contributed by atoms with Crippen molar-refractivity contribution in [2.75, 3.05) is 18.0 Å². The van der Waals surface area contributed by atoms with Crippen LogP contribution in [0.5, 0.6) is 0 Å². The molecule has 110 valence electrons. The van der Waals surface area contributed by atoms with Crippen LogP contribution in [0.2, 0.25) is 5.02 Å². The Bertz CT molecular complexity index is 472. The van der Waals surface area contributed by atoms with Crippen molar-refractivity contribution in [3.63, 3.8) is 0 Å². The van der Waals surface area contributed by atoms with Gasteiger partial charge in [0.15, 0.2) is 0 Å². The maximum atomic E-state index is 6.52. The second-order valence-corrected chi connectivity index (χ2v) is 7.16. The van der Waals surface area contributed by atoms with Crippen molar-refractivity contribution in [3.8, 4) is 0 Å². The van der Waals surface area contributed by atoms with E-state index in [2.05, 4.69) is 36.2 Å². The zero-order chi connectivity index (χ0) is 14.1. The molecule has 1 saturated heterocycles. The number of benzene rings is 1. The average molecular weight is 293 g/mol. The predicted octanol–water partition coefficient (Wildman–Crippen LogP) is 4.07. The highest BCUT2D eigenvalue weighted by atomic mass is 35.5. The first-order valence-corrected chi connectivity index (χ1v) is 8.27. The van der Waals surface area contributed by atoms with E-state index in [1.807, 2.05) is 6.07 Å². The Morgan fingerprint density at radius 3 is 2.85 bits per heavy atom. The standard InChI is InChI=1S/C17H25ClN2/c1-12(2)9-19-10-14-4-3-5-16(18)17(14)20-11-13-6-7-15(20)8-13/h3-5,12-13,15,19H,6-11H2,1-2H3. The van der Waals surface area contributed by atoms with Gasteiger partial charge in [0.2, 0.25) is 0 Å². The van der Waals surface area contributed by atoms with Gasteiger partial charge >= 0.3 is 0 Å². The third-order valence-corrected chi connectivity index (χ3v) is 4.94. The fraction of sp³-hybridized carbons (Fsp3) is 0.647. The summed E-state index contributed by atoms with van der Waals surface area (Å²) >= 11 is 6.52. The lowest BCUT2D eigenvalue weighted by Gasteiger charge is -2.32. The molecule has 1 saturated carbocycles. The minimum Gasteiger partial charge on any atom is -0.367 e. The van der Waals surface area contributed by atoms with E-state index in [0.717, 1.165) is 30.1 Å². The SMILES string of the molecule is CC(C)CNCc1cccc(Cl)c1N1CC2CCC1C2. The van der Waals surface area contributed by atoms with Crippen molar-refractivity contribution >= 4 is 17.3 Å². The first-order chi connectivity index (χ1) is 9.65. The molecule has 1 aromatic rings. The molecule has 1 aromatic carbocycles. The van der Waals surface area contributed by atoms with Crippen molar-refractivity contribution in [1.82, 2.24) is 5.32 Å². The van der Waals surface area contributed by atoms with Crippen LogP contribution < -0.4 is 10.2 Å². The molecule has 1 heterocycles. The molecular weight excluding hydrogens is 268 g/mol. The highest BCUT2D eigenvalue weighted by molar-refractivity contribution is 6.33. The molecule has 2 aliphatic rings. The number of anilines is 1. The quantitative estimate of drug-likeness (QED) is 0.880. The lowest BCUT2D eigenvalue weighted by atomic mass is 10.1. The van der Waals surface area contributed by atoms with Gasteiger partial charge in [-0.3, -0.25) is 0 Å². The van der Waals surface area contributed by atoms with Gasteiger partial charge in [-0.25, -0.2) is 0 Å². The van der Waals surface area contributed by atoms with E-state index in [-0.39, 0.29) is 0 Å². The summed E-state index contributed by atoms with van der Waals surface area (Å²) in [7, 11) is 0. The van der Waals surface area contributed by atoms with Crippen LogP contribution in [0.1, 0.15) is 38.7 Å². The van der Waals surface area contributed by atoms with E-state index in [1.54, 1.807) is 0 Å². The van der Waals surface area contributed by atoms with E-state index in [9.17, 15) is 0 Å². The molecule has 2 nitrogen and oxygen atoms in total. The van der Waals surface area contributed by atoms with E-state index in [1.165, 1.54) is 37.1 Å². The van der Waals surface area contributed by atoms with Crippen LogP contribution in [0, 0.1) is 11.8 Å². The number of rotatable bonds is 5. The van der Waals surface area contributed by atoms with Gasteiger partial charge in [-0.1, -0.05) is 37.6 Å². The van der Waals surface area contributed by atoms with Crippen LogP contribution in [-0.2, 0) is 6.54 Å². The van der Waals surface area contributed by atoms with E-state index < -0.39 is 0 Å². The number of hydrogen-bond donors (Lipinski definition) is 1. The summed E-state index contributed by atoms with van der Waals surface area (Å²) in [5, 5.41) is 4.47. The van der Waals surface area contributed by atoms with Gasteiger partial charge in [0.1, 0.15) is 0 Å². The number of fused-ring (bicyclic) bond motifs is 2. The van der Waals surface area contributed by atoms with E-state index >= 15 is 0 Å². The van der Waals surface area contributed by atoms with Crippen molar-refractivity contribution in [3.05, 3.63) is 28.8 Å². The average Bonchev–Trinajstić information content (AvgIpc) is 3.00. The van der Waals surface area contributed by atoms with Crippen molar-refractivity contribution in [2.24, 2.45) is 11.8 Å². The lowest BCUT2D eigenvalue weighted by Crippen LogP contribution is -2.33. The zero-order valence-electron chi connectivity index (χ0n) is 12.5. The Labute approximate surface area is 127 Å². The van der Waals surface area contributed by atoms with Crippen molar-refractivity contribution in [1.29, 1.82) is 0 Å². The highest BCUT2D eigenvalue weighted by Gasteiger charge is 2.39. The molecule has 2 bridgehead atoms. The van der Waals surface area contributed by atoms with Gasteiger partial charge in [-0.05, 0) is 49.3 Å². The molecule has 0 radical (unpaired) electrons. The topological polar surface area (TPSA) is 15.3 Å². The summed E-state index contributed by atoms with van der Waals surface area (Å²) in [4.78, 5) is 2.57. The Morgan fingerprint density at radius 2 is 2.20 bits per heavy atom. The Balaban J connectivity index is 1.78. The lowest BCUT2D eigenvalue weighted by molar-refractivity contribution is 0.542. The molecule has 2 unspecified atom stereocenters. The summed E-state index contributed by atoms with van der Waals surface area (Å²) in [6.45, 7) is 7.65. The minimum atomic E-state index is 0.681. The van der Waals surface area contributed by atoms with Gasteiger partial charge < -0.3 is 10.2 Å². The smallest absolute Gasteiger partial charge is 0.0643 e. The molecule has 3 rings (SSSR count). The fourth-order valence-electron chi connectivity index (χ4n) is 3.72. The van der Waals surface area contributed by atoms with Crippen LogP contribution in [0.25, 0.3) is 0 Å². The number of hydrogen-bond acceptors (Lipinski definition) is 2. The van der Waals surface area contributed by atoms with Crippen LogP contribution in [0.3, 0.4) is 0 Å². The van der Waals surface area contributed by atoms with Gasteiger partial charge in [0.25, 0.3) is 0 Å². The predicted molar refractivity (Wildman–Crippen MR) is 86.5 cm³/mol. The maximum Gasteiger partial charge on any atom is 0.0643 e. The van der Waals surface area contributed by atoms with Gasteiger partial charge in [-0.2, -0.15) is 0 Å². The number of halogens is 1. The molecule has 3 heteroatoms. The van der Waals surface area contributed by atoms with Crippen molar-refractivity contribution in [2.45, 2.75) is 45.7 Å². The van der Waals surface area contributed by atoms with Crippen molar-refractivity contribution < 1.29 is 0 Å². The first kappa shape index (κ1) is 14.2. The monoisotopic (exact) mass is 292 g/mol. The summed E-state index contributed by atoms with van der Waals surface area (Å²) in [6, 6.07) is 7.06. The second kappa shape index (κ2) is 5.95. The van der Waals surface area contributed by atoms with Gasteiger partial charge in [-0.15, -0.1) is 0 Å². The number of nitrogens with zero attached hydrogens (tertiary/aromatic N) is 1.